The van der Waals surface area contributed by atoms with Crippen molar-refractivity contribution in [2.24, 2.45) is 17.3 Å². The predicted molar refractivity (Wildman–Crippen MR) is 139 cm³/mol. The van der Waals surface area contributed by atoms with Gasteiger partial charge < -0.3 is 0 Å². The van der Waals surface area contributed by atoms with Crippen LogP contribution in [0.3, 0.4) is 0 Å². The van der Waals surface area contributed by atoms with Gasteiger partial charge in [0.1, 0.15) is 0 Å². The van der Waals surface area contributed by atoms with Crippen LogP contribution in [0.15, 0.2) is 26.3 Å². The lowest BCUT2D eigenvalue weighted by Gasteiger charge is -2.37. The van der Waals surface area contributed by atoms with E-state index in [2.05, 4.69) is 81.7 Å². The molecule has 0 heteroatoms. The van der Waals surface area contributed by atoms with E-state index in [1.54, 1.807) is 0 Å². The molecule has 1 aliphatic carbocycles. The Bertz CT molecular complexity index is 212. The van der Waals surface area contributed by atoms with Crippen LogP contribution in [0, 0.1) is 17.3 Å². The van der Waals surface area contributed by atoms with E-state index in [-0.39, 0.29) is 0 Å². The van der Waals surface area contributed by atoms with Gasteiger partial charge in [0.25, 0.3) is 0 Å². The largest absolute Gasteiger partial charge is 0.106 e. The molecule has 1 aliphatic rings. The van der Waals surface area contributed by atoms with Crippen molar-refractivity contribution >= 4 is 0 Å². The third-order valence-corrected chi connectivity index (χ3v) is 5.60. The second-order valence-corrected chi connectivity index (χ2v) is 7.86. The van der Waals surface area contributed by atoms with E-state index in [9.17, 15) is 0 Å². The van der Waals surface area contributed by atoms with Crippen LogP contribution in [-0.2, 0) is 0 Å². The summed E-state index contributed by atoms with van der Waals surface area (Å²) in [5, 5.41) is 0. The average molecular weight is 399 g/mol. The first-order chi connectivity index (χ1) is 13.4. The standard InChI is InChI=1S/C14H28.2C4H10.C2H6.2C2H4/c1-5-12(3)11-13-7-9-14(4,6-2)10-8-13;2*1-3-4-2;3*1-2/h12-13H,5-11H2,1-4H3;2*3-4H2,1-2H3;1-2H3;2*1-2H2. The van der Waals surface area contributed by atoms with Crippen molar-refractivity contribution in [3.05, 3.63) is 26.3 Å². The Morgan fingerprint density at radius 1 is 0.750 bits per heavy atom. The van der Waals surface area contributed by atoms with Crippen LogP contribution in [0.4, 0.5) is 0 Å². The highest BCUT2D eigenvalue weighted by molar-refractivity contribution is 4.81. The summed E-state index contributed by atoms with van der Waals surface area (Å²) >= 11 is 0. The number of rotatable bonds is 6. The Balaban J connectivity index is -0.000000105. The van der Waals surface area contributed by atoms with Crippen LogP contribution in [0.1, 0.15) is 140 Å². The van der Waals surface area contributed by atoms with Crippen molar-refractivity contribution in [1.82, 2.24) is 0 Å². The molecule has 0 aromatic rings. The number of hydrogen-bond acceptors (Lipinski definition) is 0. The molecule has 0 saturated heterocycles. The SMILES string of the molecule is C=C.C=C.CC.CCC(C)CC1CCC(C)(CC)CC1.CCCC.CCCC. The van der Waals surface area contributed by atoms with Crippen molar-refractivity contribution in [2.75, 3.05) is 0 Å². The van der Waals surface area contributed by atoms with Crippen molar-refractivity contribution in [2.45, 2.75) is 140 Å². The summed E-state index contributed by atoms with van der Waals surface area (Å²) in [7, 11) is 0. The molecular weight excluding hydrogens is 336 g/mol. The van der Waals surface area contributed by atoms with Gasteiger partial charge in [-0.3, -0.25) is 0 Å². The molecule has 1 atom stereocenters. The maximum atomic E-state index is 3.00. The second kappa shape index (κ2) is 34.0. The zero-order valence-corrected chi connectivity index (χ0v) is 22.3. The Morgan fingerprint density at radius 3 is 1.29 bits per heavy atom. The first-order valence-corrected chi connectivity index (χ1v) is 12.4. The molecule has 0 nitrogen and oxygen atoms in total. The zero-order valence-electron chi connectivity index (χ0n) is 22.3. The van der Waals surface area contributed by atoms with Gasteiger partial charge in [0, 0.05) is 0 Å². The molecule has 0 aromatic heterocycles. The minimum Gasteiger partial charge on any atom is -0.106 e. The van der Waals surface area contributed by atoms with E-state index in [1.165, 1.54) is 70.6 Å². The van der Waals surface area contributed by atoms with Gasteiger partial charge in [0.15, 0.2) is 0 Å². The molecule has 0 aromatic carbocycles. The fraction of sp³-hybridized carbons (Fsp3) is 0.857. The summed E-state index contributed by atoms with van der Waals surface area (Å²) in [6.07, 6.45) is 15.4. The zero-order chi connectivity index (χ0) is 23.4. The summed E-state index contributed by atoms with van der Waals surface area (Å²) in [5.41, 5.74) is 0.686. The average Bonchev–Trinajstić information content (AvgIpc) is 2.79. The normalized spacial score (nSPS) is 20.4. The molecule has 0 heterocycles. The molecule has 0 bridgehead atoms. The van der Waals surface area contributed by atoms with Crippen LogP contribution in [0.2, 0.25) is 0 Å². The molecule has 1 unspecified atom stereocenters. The summed E-state index contributed by atoms with van der Waals surface area (Å²) in [5.74, 6) is 2.00. The Kier molecular flexibility index (Phi) is 46.3. The highest BCUT2D eigenvalue weighted by Crippen LogP contribution is 2.42. The lowest BCUT2D eigenvalue weighted by atomic mass is 9.69. The molecule has 1 saturated carbocycles. The molecule has 0 amide bonds. The van der Waals surface area contributed by atoms with Gasteiger partial charge in [-0.25, -0.2) is 0 Å². The first kappa shape index (κ1) is 38.1. The van der Waals surface area contributed by atoms with Crippen LogP contribution in [-0.4, -0.2) is 0 Å². The van der Waals surface area contributed by atoms with E-state index < -0.39 is 0 Å². The molecular formula is C28H62. The molecule has 0 radical (unpaired) electrons. The summed E-state index contributed by atoms with van der Waals surface area (Å²) in [4.78, 5) is 0. The van der Waals surface area contributed by atoms with E-state index in [1.807, 2.05) is 13.8 Å². The number of unbranched alkanes of at least 4 members (excludes halogenated alkanes) is 2. The van der Waals surface area contributed by atoms with E-state index in [0.717, 1.165) is 11.8 Å². The van der Waals surface area contributed by atoms with Crippen molar-refractivity contribution in [3.8, 4) is 0 Å². The van der Waals surface area contributed by atoms with Gasteiger partial charge in [-0.2, -0.15) is 0 Å². The van der Waals surface area contributed by atoms with Gasteiger partial charge in [0.2, 0.25) is 0 Å². The van der Waals surface area contributed by atoms with E-state index >= 15 is 0 Å². The van der Waals surface area contributed by atoms with Gasteiger partial charge in [0.05, 0.1) is 0 Å². The van der Waals surface area contributed by atoms with Crippen LogP contribution < -0.4 is 0 Å². The smallest absolute Gasteiger partial charge is 0.0328 e. The Labute approximate surface area is 183 Å². The molecule has 28 heavy (non-hydrogen) atoms. The maximum Gasteiger partial charge on any atom is -0.0328 e. The van der Waals surface area contributed by atoms with Crippen molar-refractivity contribution < 1.29 is 0 Å². The molecule has 0 spiro atoms. The fourth-order valence-electron chi connectivity index (χ4n) is 2.70. The topological polar surface area (TPSA) is 0 Å². The van der Waals surface area contributed by atoms with Gasteiger partial charge >= 0.3 is 0 Å². The van der Waals surface area contributed by atoms with Gasteiger partial charge in [-0.05, 0) is 49.4 Å². The summed E-state index contributed by atoms with van der Waals surface area (Å²) in [6.45, 7) is 34.3. The van der Waals surface area contributed by atoms with Crippen molar-refractivity contribution in [3.63, 3.8) is 0 Å². The molecule has 1 rings (SSSR count). The highest BCUT2D eigenvalue weighted by atomic mass is 14.3. The lowest BCUT2D eigenvalue weighted by Crippen LogP contribution is -2.24. The third-order valence-electron chi connectivity index (χ3n) is 5.60. The summed E-state index contributed by atoms with van der Waals surface area (Å²) < 4.78 is 0. The Morgan fingerprint density at radius 2 is 1.07 bits per heavy atom. The molecule has 0 aliphatic heterocycles. The Hall–Kier alpha value is -0.520. The van der Waals surface area contributed by atoms with Gasteiger partial charge in [-0.15, -0.1) is 26.3 Å². The number of hydrogen-bond donors (Lipinski definition) is 0. The van der Waals surface area contributed by atoms with Crippen LogP contribution in [0.5, 0.6) is 0 Å². The van der Waals surface area contributed by atoms with Crippen LogP contribution >= 0.6 is 0 Å². The van der Waals surface area contributed by atoms with Crippen LogP contribution in [0.25, 0.3) is 0 Å². The quantitative estimate of drug-likeness (QED) is 0.390. The monoisotopic (exact) mass is 398 g/mol. The minimum absolute atomic E-state index is 0.686. The summed E-state index contributed by atoms with van der Waals surface area (Å²) in [6, 6.07) is 0. The minimum atomic E-state index is 0.686. The van der Waals surface area contributed by atoms with E-state index in [4.69, 9.17) is 0 Å². The van der Waals surface area contributed by atoms with Crippen molar-refractivity contribution in [1.29, 1.82) is 0 Å². The second-order valence-electron chi connectivity index (χ2n) is 7.86. The maximum absolute atomic E-state index is 3.00. The first-order valence-electron chi connectivity index (χ1n) is 12.4. The highest BCUT2D eigenvalue weighted by Gasteiger charge is 2.29. The third kappa shape index (κ3) is 30.2. The fourth-order valence-corrected chi connectivity index (χ4v) is 2.70. The van der Waals surface area contributed by atoms with E-state index in [0.29, 0.717) is 5.41 Å². The molecule has 0 N–H and O–H groups in total. The molecule has 1 fully saturated rings. The van der Waals surface area contributed by atoms with Gasteiger partial charge in [-0.1, -0.05) is 108 Å². The lowest BCUT2D eigenvalue weighted by molar-refractivity contribution is 0.149. The predicted octanol–water partition coefficient (Wildman–Crippen LogP) is 11.3. The molecule has 174 valence electrons.